The normalized spacial score (nSPS) is 14.4. The number of carbonyl (C=O) groups excluding carboxylic acids is 1. The maximum absolute atomic E-state index is 14.2. The summed E-state index contributed by atoms with van der Waals surface area (Å²) in [6, 6.07) is 28.4. The number of carbonyl (C=O) groups is 1. The number of thiazole rings is 1. The summed E-state index contributed by atoms with van der Waals surface area (Å²) < 4.78 is 19.9. The molecule has 1 aromatic heterocycles. The number of hydrogen-bond acceptors (Lipinski definition) is 7. The number of esters is 1. The average molecular weight is 659 g/mol. The first kappa shape index (κ1) is 32.7. The van der Waals surface area contributed by atoms with Gasteiger partial charge in [0.15, 0.2) is 16.3 Å². The van der Waals surface area contributed by atoms with E-state index in [1.165, 1.54) is 28.0 Å². The Morgan fingerprint density at radius 2 is 1.54 bits per heavy atom. The molecule has 7 nitrogen and oxygen atoms in total. The van der Waals surface area contributed by atoms with Crippen molar-refractivity contribution in [3.8, 4) is 11.5 Å². The van der Waals surface area contributed by atoms with Crippen LogP contribution in [0.3, 0.4) is 0 Å². The Balaban J connectivity index is 1.45. The molecule has 1 aliphatic heterocycles. The van der Waals surface area contributed by atoms with E-state index in [1.807, 2.05) is 91.9 Å². The van der Waals surface area contributed by atoms with Crippen LogP contribution >= 0.6 is 11.3 Å². The fraction of sp³-hybridized carbons (Fsp3) is 0.225. The number of nitrogens with zero attached hydrogens (tertiary/aromatic N) is 2. The SMILES string of the molecule is CCOC(=O)C1=C(c2ccccc2)N=c2s/c(=C\c3ccc(OCc4c(C)cc(C)cc4C)c(OCC)c3)c(=O)n2[C@H]1c1ccccc1. The van der Waals surface area contributed by atoms with E-state index in [1.54, 1.807) is 11.5 Å². The Hall–Kier alpha value is -5.21. The number of benzene rings is 4. The Morgan fingerprint density at radius 1 is 0.854 bits per heavy atom. The summed E-state index contributed by atoms with van der Waals surface area (Å²) in [4.78, 5) is 33.3. The monoisotopic (exact) mass is 658 g/mol. The molecular weight excluding hydrogens is 621 g/mol. The summed E-state index contributed by atoms with van der Waals surface area (Å²) >= 11 is 1.29. The van der Waals surface area contributed by atoms with E-state index in [0.717, 1.165) is 22.3 Å². The molecule has 0 saturated carbocycles. The number of aromatic nitrogens is 1. The van der Waals surface area contributed by atoms with Crippen LogP contribution in [0, 0.1) is 20.8 Å². The Labute approximate surface area is 284 Å². The van der Waals surface area contributed by atoms with Gasteiger partial charge in [-0.05, 0) is 80.6 Å². The minimum Gasteiger partial charge on any atom is -0.490 e. The van der Waals surface area contributed by atoms with Gasteiger partial charge in [0.1, 0.15) is 6.61 Å². The summed E-state index contributed by atoms with van der Waals surface area (Å²) in [5.74, 6) is 0.723. The first-order chi connectivity index (χ1) is 23.3. The van der Waals surface area contributed by atoms with Crippen LogP contribution in [0.5, 0.6) is 11.5 Å². The molecule has 1 aliphatic rings. The van der Waals surface area contributed by atoms with Gasteiger partial charge in [0.05, 0.1) is 35.1 Å². The summed E-state index contributed by atoms with van der Waals surface area (Å²) in [6.45, 7) is 11.1. The highest BCUT2D eigenvalue weighted by atomic mass is 32.1. The van der Waals surface area contributed by atoms with E-state index in [-0.39, 0.29) is 12.2 Å². The Bertz CT molecular complexity index is 2160. The Kier molecular flexibility index (Phi) is 9.73. The van der Waals surface area contributed by atoms with Crippen molar-refractivity contribution in [1.82, 2.24) is 4.57 Å². The lowest BCUT2D eigenvalue weighted by atomic mass is 9.93. The van der Waals surface area contributed by atoms with E-state index in [9.17, 15) is 9.59 Å². The summed E-state index contributed by atoms with van der Waals surface area (Å²) in [7, 11) is 0. The maximum Gasteiger partial charge on any atom is 0.338 e. The van der Waals surface area contributed by atoms with Crippen LogP contribution in [0.15, 0.2) is 106 Å². The number of ether oxygens (including phenoxy) is 3. The fourth-order valence-corrected chi connectivity index (χ4v) is 7.13. The second-order valence-electron chi connectivity index (χ2n) is 11.6. The van der Waals surface area contributed by atoms with Gasteiger partial charge in [-0.15, -0.1) is 0 Å². The summed E-state index contributed by atoms with van der Waals surface area (Å²) in [6.07, 6.45) is 1.84. The standard InChI is InChI=1S/C40H38N2O5S/c1-6-45-33-22-28(18-19-32(33)47-24-31-26(4)20-25(3)21-27(31)5)23-34-38(43)42-37(30-16-12-9-13-17-30)35(39(44)46-7-2)36(41-40(42)48-34)29-14-10-8-11-15-29/h8-23,37H,6-7,24H2,1-5H3/b34-23-/t37-/m0/s1. The second kappa shape index (κ2) is 14.3. The van der Waals surface area contributed by atoms with Crippen LogP contribution in [-0.2, 0) is 16.1 Å². The van der Waals surface area contributed by atoms with Crippen molar-refractivity contribution in [2.75, 3.05) is 13.2 Å². The molecule has 244 valence electrons. The van der Waals surface area contributed by atoms with E-state index >= 15 is 0 Å². The lowest BCUT2D eigenvalue weighted by molar-refractivity contribution is -0.138. The van der Waals surface area contributed by atoms with Crippen LogP contribution < -0.4 is 24.4 Å². The summed E-state index contributed by atoms with van der Waals surface area (Å²) in [5.41, 5.74) is 7.67. The molecule has 5 aromatic rings. The van der Waals surface area contributed by atoms with Gasteiger partial charge in [0.2, 0.25) is 0 Å². The van der Waals surface area contributed by atoms with Gasteiger partial charge >= 0.3 is 5.97 Å². The first-order valence-corrected chi connectivity index (χ1v) is 16.9. The zero-order chi connectivity index (χ0) is 33.8. The highest BCUT2D eigenvalue weighted by Crippen LogP contribution is 2.35. The second-order valence-corrected chi connectivity index (χ2v) is 12.7. The van der Waals surface area contributed by atoms with Crippen LogP contribution in [0.4, 0.5) is 0 Å². The molecule has 0 fully saturated rings. The third-order valence-electron chi connectivity index (χ3n) is 8.27. The molecule has 4 aromatic carbocycles. The molecule has 0 saturated heterocycles. The maximum atomic E-state index is 14.2. The highest BCUT2D eigenvalue weighted by Gasteiger charge is 2.35. The quantitative estimate of drug-likeness (QED) is 0.154. The van der Waals surface area contributed by atoms with Gasteiger partial charge in [-0.25, -0.2) is 9.79 Å². The third kappa shape index (κ3) is 6.62. The number of aryl methyl sites for hydroxylation is 3. The van der Waals surface area contributed by atoms with Gasteiger partial charge in [-0.3, -0.25) is 9.36 Å². The predicted octanol–water partition coefficient (Wildman–Crippen LogP) is 6.84. The molecule has 0 bridgehead atoms. The van der Waals surface area contributed by atoms with Gasteiger partial charge in [0.25, 0.3) is 5.56 Å². The fourth-order valence-electron chi connectivity index (χ4n) is 6.13. The van der Waals surface area contributed by atoms with Gasteiger partial charge in [0, 0.05) is 5.56 Å². The molecule has 0 N–H and O–H groups in total. The zero-order valence-corrected chi connectivity index (χ0v) is 28.6. The lowest BCUT2D eigenvalue weighted by Crippen LogP contribution is -2.39. The van der Waals surface area contributed by atoms with Crippen molar-refractivity contribution in [3.05, 3.63) is 155 Å². The molecule has 0 unspecified atom stereocenters. The van der Waals surface area contributed by atoms with Gasteiger partial charge in [-0.2, -0.15) is 0 Å². The molecule has 0 amide bonds. The average Bonchev–Trinajstić information content (AvgIpc) is 3.39. The molecule has 0 spiro atoms. The van der Waals surface area contributed by atoms with Crippen molar-refractivity contribution in [2.45, 2.75) is 47.3 Å². The lowest BCUT2D eigenvalue weighted by Gasteiger charge is -2.25. The number of rotatable bonds is 10. The minimum atomic E-state index is -0.720. The molecule has 1 atom stereocenters. The molecule has 0 aliphatic carbocycles. The summed E-state index contributed by atoms with van der Waals surface area (Å²) in [5, 5.41) is 0. The van der Waals surface area contributed by atoms with Crippen LogP contribution in [0.25, 0.3) is 11.8 Å². The van der Waals surface area contributed by atoms with E-state index in [4.69, 9.17) is 19.2 Å². The van der Waals surface area contributed by atoms with Crippen LogP contribution in [0.1, 0.15) is 58.8 Å². The van der Waals surface area contributed by atoms with Crippen molar-refractivity contribution in [1.29, 1.82) is 0 Å². The van der Waals surface area contributed by atoms with Crippen LogP contribution in [0.2, 0.25) is 0 Å². The molecule has 8 heteroatoms. The van der Waals surface area contributed by atoms with Gasteiger partial charge in [-0.1, -0.05) is 95.8 Å². The first-order valence-electron chi connectivity index (χ1n) is 16.1. The van der Waals surface area contributed by atoms with Crippen LogP contribution in [-0.4, -0.2) is 23.8 Å². The number of hydrogen-bond donors (Lipinski definition) is 0. The minimum absolute atomic E-state index is 0.197. The predicted molar refractivity (Wildman–Crippen MR) is 190 cm³/mol. The molecule has 6 rings (SSSR count). The smallest absolute Gasteiger partial charge is 0.338 e. The van der Waals surface area contributed by atoms with E-state index < -0.39 is 12.0 Å². The van der Waals surface area contributed by atoms with Crippen molar-refractivity contribution < 1.29 is 19.0 Å². The van der Waals surface area contributed by atoms with E-state index in [0.29, 0.717) is 45.3 Å². The largest absolute Gasteiger partial charge is 0.490 e. The van der Waals surface area contributed by atoms with Crippen molar-refractivity contribution in [3.63, 3.8) is 0 Å². The molecule has 2 heterocycles. The molecule has 48 heavy (non-hydrogen) atoms. The van der Waals surface area contributed by atoms with Crippen molar-refractivity contribution in [2.24, 2.45) is 4.99 Å². The zero-order valence-electron chi connectivity index (χ0n) is 27.8. The van der Waals surface area contributed by atoms with E-state index in [2.05, 4.69) is 32.9 Å². The van der Waals surface area contributed by atoms with Crippen molar-refractivity contribution >= 4 is 29.1 Å². The highest BCUT2D eigenvalue weighted by molar-refractivity contribution is 7.07. The number of fused-ring (bicyclic) bond motifs is 1. The molecular formula is C40H38N2O5S. The van der Waals surface area contributed by atoms with Gasteiger partial charge < -0.3 is 14.2 Å². The third-order valence-corrected chi connectivity index (χ3v) is 9.25. The topological polar surface area (TPSA) is 79.1 Å². The molecule has 0 radical (unpaired) electrons. The Morgan fingerprint density at radius 3 is 2.21 bits per heavy atom.